The summed E-state index contributed by atoms with van der Waals surface area (Å²) in [4.78, 5) is 3.48. The third kappa shape index (κ3) is 4.10. The van der Waals surface area contributed by atoms with Crippen LogP contribution in [0.15, 0.2) is 12.1 Å². The van der Waals surface area contributed by atoms with Gasteiger partial charge in [-0.2, -0.15) is 18.4 Å². The van der Waals surface area contributed by atoms with E-state index in [2.05, 4.69) is 10.3 Å². The summed E-state index contributed by atoms with van der Waals surface area (Å²) in [6, 6.07) is 3.41. The number of nitrogens with zero attached hydrogens (tertiary/aromatic N) is 2. The lowest BCUT2D eigenvalue weighted by atomic mass is 10.0. The van der Waals surface area contributed by atoms with Crippen molar-refractivity contribution < 1.29 is 18.3 Å². The molecule has 1 aromatic heterocycles. The molecule has 20 heavy (non-hydrogen) atoms. The van der Waals surface area contributed by atoms with E-state index < -0.39 is 11.9 Å². The molecule has 110 valence electrons. The second kappa shape index (κ2) is 6.57. The topological polar surface area (TPSA) is 68.9 Å². The summed E-state index contributed by atoms with van der Waals surface area (Å²) < 4.78 is 37.9. The molecule has 0 fully saturated rings. The van der Waals surface area contributed by atoms with Crippen LogP contribution in [0.3, 0.4) is 0 Å². The average Bonchev–Trinajstić information content (AvgIpc) is 2.36. The first-order chi connectivity index (χ1) is 9.29. The summed E-state index contributed by atoms with van der Waals surface area (Å²) in [7, 11) is 0. The molecule has 4 nitrogen and oxygen atoms in total. The van der Waals surface area contributed by atoms with Crippen molar-refractivity contribution in [2.45, 2.75) is 32.5 Å². The molecule has 0 aliphatic rings. The average molecular weight is 287 g/mol. The molecule has 0 saturated carbocycles. The highest BCUT2D eigenvalue weighted by Gasteiger charge is 2.33. The highest BCUT2D eigenvalue weighted by molar-refractivity contribution is 5.53. The maximum atomic E-state index is 12.6. The Hall–Kier alpha value is -1.81. The fourth-order valence-electron chi connectivity index (χ4n) is 1.70. The molecule has 0 aliphatic heterocycles. The number of aliphatic hydroxyl groups is 1. The largest absolute Gasteiger partial charge is 0.433 e. The van der Waals surface area contributed by atoms with Crippen molar-refractivity contribution in [3.8, 4) is 6.07 Å². The van der Waals surface area contributed by atoms with Gasteiger partial charge in [0.1, 0.15) is 17.6 Å². The minimum Gasteiger partial charge on any atom is -0.396 e. The number of hydrogen-bond acceptors (Lipinski definition) is 4. The van der Waals surface area contributed by atoms with Gasteiger partial charge in [0.05, 0.1) is 5.56 Å². The van der Waals surface area contributed by atoms with E-state index >= 15 is 0 Å². The van der Waals surface area contributed by atoms with E-state index in [0.29, 0.717) is 6.42 Å². The summed E-state index contributed by atoms with van der Waals surface area (Å²) >= 11 is 0. The van der Waals surface area contributed by atoms with Crippen LogP contribution in [-0.2, 0) is 6.18 Å². The first kappa shape index (κ1) is 16.2. The van der Waals surface area contributed by atoms with Gasteiger partial charge in [0.25, 0.3) is 0 Å². The molecule has 1 heterocycles. The molecule has 0 aromatic carbocycles. The van der Waals surface area contributed by atoms with E-state index in [1.807, 2.05) is 13.8 Å². The van der Waals surface area contributed by atoms with Gasteiger partial charge in [-0.05, 0) is 24.5 Å². The molecule has 0 aliphatic carbocycles. The van der Waals surface area contributed by atoms with E-state index in [0.717, 1.165) is 12.1 Å². The summed E-state index contributed by atoms with van der Waals surface area (Å²) in [5.74, 6) is -0.0282. The number of alkyl halides is 3. The Morgan fingerprint density at radius 1 is 1.40 bits per heavy atom. The van der Waals surface area contributed by atoms with Gasteiger partial charge < -0.3 is 10.4 Å². The van der Waals surface area contributed by atoms with Crippen molar-refractivity contribution in [3.63, 3.8) is 0 Å². The Kier molecular flexibility index (Phi) is 5.34. The van der Waals surface area contributed by atoms with Crippen molar-refractivity contribution >= 4 is 5.82 Å². The van der Waals surface area contributed by atoms with Gasteiger partial charge in [-0.15, -0.1) is 0 Å². The van der Waals surface area contributed by atoms with Gasteiger partial charge in [-0.3, -0.25) is 0 Å². The van der Waals surface area contributed by atoms with Gasteiger partial charge in [0, 0.05) is 12.6 Å². The highest BCUT2D eigenvalue weighted by atomic mass is 19.4. The lowest BCUT2D eigenvalue weighted by Gasteiger charge is -2.23. The summed E-state index contributed by atoms with van der Waals surface area (Å²) in [5.41, 5.74) is -1.01. The molecule has 0 bridgehead atoms. The Labute approximate surface area is 115 Å². The van der Waals surface area contributed by atoms with Crippen LogP contribution < -0.4 is 5.32 Å². The van der Waals surface area contributed by atoms with Crippen molar-refractivity contribution in [2.24, 2.45) is 5.92 Å². The molecule has 0 radical (unpaired) electrons. The number of nitrogens with one attached hydrogen (secondary N) is 1. The van der Waals surface area contributed by atoms with Crippen molar-refractivity contribution in [2.75, 3.05) is 11.9 Å². The molecule has 0 spiro atoms. The first-order valence-electron chi connectivity index (χ1n) is 6.15. The summed E-state index contributed by atoms with van der Waals surface area (Å²) in [6.07, 6.45) is -4.20. The van der Waals surface area contributed by atoms with E-state index in [1.165, 1.54) is 0 Å². The molecule has 1 unspecified atom stereocenters. The molecular formula is C13H16F3N3O. The smallest absolute Gasteiger partial charge is 0.396 e. The number of hydrogen-bond donors (Lipinski definition) is 2. The second-order valence-corrected chi connectivity index (χ2v) is 4.71. The number of aromatic nitrogens is 1. The van der Waals surface area contributed by atoms with E-state index in [1.54, 1.807) is 6.07 Å². The van der Waals surface area contributed by atoms with Crippen LogP contribution in [0.1, 0.15) is 31.5 Å². The predicted octanol–water partition coefficient (Wildman–Crippen LogP) is 2.79. The number of pyridine rings is 1. The van der Waals surface area contributed by atoms with Crippen LogP contribution in [-0.4, -0.2) is 22.7 Å². The van der Waals surface area contributed by atoms with Crippen LogP contribution in [0.4, 0.5) is 19.0 Å². The quantitative estimate of drug-likeness (QED) is 0.873. The zero-order chi connectivity index (χ0) is 15.3. The van der Waals surface area contributed by atoms with Crippen molar-refractivity contribution in [3.05, 3.63) is 23.4 Å². The molecule has 0 amide bonds. The Morgan fingerprint density at radius 2 is 2.05 bits per heavy atom. The first-order valence-corrected chi connectivity index (χ1v) is 6.15. The lowest BCUT2D eigenvalue weighted by Crippen LogP contribution is -2.28. The van der Waals surface area contributed by atoms with Crippen LogP contribution >= 0.6 is 0 Å². The fourth-order valence-corrected chi connectivity index (χ4v) is 1.70. The minimum absolute atomic E-state index is 0.0431. The third-order valence-corrected chi connectivity index (χ3v) is 2.87. The molecule has 7 heteroatoms. The normalized spacial score (nSPS) is 13.1. The molecular weight excluding hydrogens is 271 g/mol. The Bertz CT molecular complexity index is 495. The SMILES string of the molecule is CC(C)C(CCO)Nc1nc(C(F)(F)F)ccc1C#N. The number of anilines is 1. The van der Waals surface area contributed by atoms with Gasteiger partial charge in [0.15, 0.2) is 0 Å². The monoisotopic (exact) mass is 287 g/mol. The van der Waals surface area contributed by atoms with Gasteiger partial charge in [0.2, 0.25) is 0 Å². The standard InChI is InChI=1S/C13H16F3N3O/c1-8(2)10(5-6-20)18-12-9(7-17)3-4-11(19-12)13(14,15)16/h3-4,8,10,20H,5-6H2,1-2H3,(H,18,19). The van der Waals surface area contributed by atoms with E-state index in [4.69, 9.17) is 10.4 Å². The molecule has 1 atom stereocenters. The van der Waals surface area contributed by atoms with Crippen LogP contribution in [0.2, 0.25) is 0 Å². The maximum absolute atomic E-state index is 12.6. The van der Waals surface area contributed by atoms with Gasteiger partial charge in [-0.1, -0.05) is 13.8 Å². The van der Waals surface area contributed by atoms with Gasteiger partial charge >= 0.3 is 6.18 Å². The zero-order valence-corrected chi connectivity index (χ0v) is 11.2. The maximum Gasteiger partial charge on any atom is 0.433 e. The fraction of sp³-hybridized carbons (Fsp3) is 0.538. The van der Waals surface area contributed by atoms with Crippen molar-refractivity contribution in [1.82, 2.24) is 4.98 Å². The Morgan fingerprint density at radius 3 is 2.50 bits per heavy atom. The Balaban J connectivity index is 3.11. The molecule has 2 N–H and O–H groups in total. The predicted molar refractivity (Wildman–Crippen MR) is 67.9 cm³/mol. The van der Waals surface area contributed by atoms with Gasteiger partial charge in [-0.25, -0.2) is 4.98 Å². The van der Waals surface area contributed by atoms with Crippen molar-refractivity contribution in [1.29, 1.82) is 5.26 Å². The van der Waals surface area contributed by atoms with Crippen LogP contribution in [0.5, 0.6) is 0 Å². The van der Waals surface area contributed by atoms with Crippen LogP contribution in [0.25, 0.3) is 0 Å². The number of rotatable bonds is 5. The number of nitriles is 1. The van der Waals surface area contributed by atoms with E-state index in [9.17, 15) is 13.2 Å². The number of halogens is 3. The molecule has 1 rings (SSSR count). The second-order valence-electron chi connectivity index (χ2n) is 4.71. The number of aliphatic hydroxyl groups excluding tert-OH is 1. The molecule has 0 saturated heterocycles. The highest BCUT2D eigenvalue weighted by Crippen LogP contribution is 2.29. The summed E-state index contributed by atoms with van der Waals surface area (Å²) in [5, 5.41) is 20.7. The minimum atomic E-state index is -4.56. The molecule has 1 aromatic rings. The third-order valence-electron chi connectivity index (χ3n) is 2.87. The van der Waals surface area contributed by atoms with Crippen LogP contribution in [0, 0.1) is 17.2 Å². The summed E-state index contributed by atoms with van der Waals surface area (Å²) in [6.45, 7) is 3.64. The zero-order valence-electron chi connectivity index (χ0n) is 11.2. The lowest BCUT2D eigenvalue weighted by molar-refractivity contribution is -0.141. The van der Waals surface area contributed by atoms with E-state index in [-0.39, 0.29) is 29.9 Å².